The molecule has 1 aliphatic heterocycles. The van der Waals surface area contributed by atoms with Crippen molar-refractivity contribution < 1.29 is 44.3 Å². The average molecular weight is 556 g/mol. The summed E-state index contributed by atoms with van der Waals surface area (Å²) in [5.74, 6) is -6.88. The molecule has 0 aromatic heterocycles. The molecule has 214 valence electrons. The van der Waals surface area contributed by atoms with Gasteiger partial charge in [0.05, 0.1) is 11.6 Å². The number of ether oxygens (including phenoxy) is 1. The Labute approximate surface area is 230 Å². The number of rotatable bonds is 2. The number of hydrogen-bond acceptors (Lipinski definition) is 10. The molecule has 1 aromatic rings. The Hall–Kier alpha value is -3.90. The van der Waals surface area contributed by atoms with Gasteiger partial charge in [-0.3, -0.25) is 19.3 Å². The molecule has 0 bridgehead atoms. The number of primary amides is 1. The number of carbonyl (C=O) groups is 4. The molecule has 12 heteroatoms. The highest BCUT2D eigenvalue weighted by Gasteiger charge is 2.64. The van der Waals surface area contributed by atoms with Crippen molar-refractivity contribution in [1.82, 2.24) is 9.80 Å². The number of phenols is 1. The van der Waals surface area contributed by atoms with Crippen LogP contribution in [0, 0.1) is 11.8 Å². The Morgan fingerprint density at radius 1 is 1.07 bits per heavy atom. The van der Waals surface area contributed by atoms with Gasteiger partial charge in [0.1, 0.15) is 28.4 Å². The quantitative estimate of drug-likeness (QED) is 0.328. The fourth-order valence-corrected chi connectivity index (χ4v) is 6.52. The van der Waals surface area contributed by atoms with E-state index in [4.69, 9.17) is 10.5 Å². The normalized spacial score (nSPS) is 29.1. The van der Waals surface area contributed by atoms with Crippen LogP contribution in [-0.2, 0) is 25.5 Å². The van der Waals surface area contributed by atoms with Gasteiger partial charge in [0.15, 0.2) is 11.4 Å². The van der Waals surface area contributed by atoms with Crippen molar-refractivity contribution in [2.75, 3.05) is 26.2 Å². The molecule has 0 radical (unpaired) electrons. The number of aliphatic hydroxyl groups excluding tert-OH is 2. The maximum atomic E-state index is 13.9. The van der Waals surface area contributed by atoms with E-state index in [2.05, 4.69) is 0 Å². The molecule has 1 heterocycles. The lowest BCUT2D eigenvalue weighted by atomic mass is 9.57. The highest BCUT2D eigenvalue weighted by molar-refractivity contribution is 6.24. The number of piperazine rings is 1. The molecule has 1 saturated heterocycles. The third-order valence-corrected chi connectivity index (χ3v) is 8.26. The lowest BCUT2D eigenvalue weighted by Crippen LogP contribution is -2.68. The van der Waals surface area contributed by atoms with Gasteiger partial charge in [-0.25, -0.2) is 4.79 Å². The number of Topliss-reactive ketones (excluding diaryl/α,β-unsaturated/α-hetero) is 2. The summed E-state index contributed by atoms with van der Waals surface area (Å²) in [6, 6.07) is 3.46. The molecule has 6 N–H and O–H groups in total. The lowest BCUT2D eigenvalue weighted by Gasteiger charge is -2.52. The van der Waals surface area contributed by atoms with E-state index in [0.717, 1.165) is 0 Å². The van der Waals surface area contributed by atoms with Crippen LogP contribution < -0.4 is 5.73 Å². The third-order valence-electron chi connectivity index (χ3n) is 8.26. The summed E-state index contributed by atoms with van der Waals surface area (Å²) in [5, 5.41) is 44.4. The van der Waals surface area contributed by atoms with E-state index in [0.29, 0.717) is 5.56 Å². The highest BCUT2D eigenvalue weighted by Crippen LogP contribution is 2.52. The zero-order valence-electron chi connectivity index (χ0n) is 22.5. The number of aliphatic hydroxyl groups is 3. The van der Waals surface area contributed by atoms with E-state index in [1.54, 1.807) is 37.8 Å². The molecule has 4 atom stereocenters. The van der Waals surface area contributed by atoms with Crippen molar-refractivity contribution in [3.63, 3.8) is 0 Å². The van der Waals surface area contributed by atoms with Gasteiger partial charge in [-0.1, -0.05) is 12.1 Å². The summed E-state index contributed by atoms with van der Waals surface area (Å²) < 4.78 is 5.43. The SMILES string of the molecule is CC(C)(C)OC(=O)N1CCN([C@H]2C(=O)C(C(N)=O)=C(O)[C@@]3(O)C(=O)C4=C(O)c5c(O)cccc5C[C@H]4C[C@@H]23)CC1. The van der Waals surface area contributed by atoms with Gasteiger partial charge in [0.2, 0.25) is 5.78 Å². The smallest absolute Gasteiger partial charge is 0.410 e. The monoisotopic (exact) mass is 555 g/mol. The molecular weight excluding hydrogens is 522 g/mol. The maximum absolute atomic E-state index is 13.9. The Kier molecular flexibility index (Phi) is 6.46. The molecular formula is C28H33N3O9. The van der Waals surface area contributed by atoms with Crippen molar-refractivity contribution in [2.45, 2.75) is 50.9 Å². The van der Waals surface area contributed by atoms with Gasteiger partial charge in [0, 0.05) is 37.7 Å². The first-order valence-electron chi connectivity index (χ1n) is 13.2. The number of nitrogens with two attached hydrogens (primary N) is 1. The second kappa shape index (κ2) is 9.34. The first-order valence-corrected chi connectivity index (χ1v) is 13.2. The summed E-state index contributed by atoms with van der Waals surface area (Å²) >= 11 is 0. The van der Waals surface area contributed by atoms with E-state index in [1.165, 1.54) is 11.0 Å². The minimum atomic E-state index is -2.72. The topological polar surface area (TPSA) is 191 Å². The fourth-order valence-electron chi connectivity index (χ4n) is 6.52. The summed E-state index contributed by atoms with van der Waals surface area (Å²) in [4.78, 5) is 55.7. The Morgan fingerprint density at radius 2 is 1.73 bits per heavy atom. The van der Waals surface area contributed by atoms with Crippen molar-refractivity contribution in [2.24, 2.45) is 17.6 Å². The Balaban J connectivity index is 1.54. The molecule has 12 nitrogen and oxygen atoms in total. The van der Waals surface area contributed by atoms with Gasteiger partial charge in [-0.2, -0.15) is 0 Å². The minimum absolute atomic E-state index is 0.00944. The van der Waals surface area contributed by atoms with Crippen LogP contribution in [0.5, 0.6) is 5.75 Å². The second-order valence-electron chi connectivity index (χ2n) is 11.8. The molecule has 1 aromatic carbocycles. The van der Waals surface area contributed by atoms with Crippen LogP contribution >= 0.6 is 0 Å². The van der Waals surface area contributed by atoms with Crippen molar-refractivity contribution in [3.05, 3.63) is 46.2 Å². The summed E-state index contributed by atoms with van der Waals surface area (Å²) in [7, 11) is 0. The van der Waals surface area contributed by atoms with E-state index in [1.807, 2.05) is 0 Å². The number of aromatic hydroxyl groups is 1. The molecule has 1 saturated carbocycles. The second-order valence-corrected chi connectivity index (χ2v) is 11.8. The van der Waals surface area contributed by atoms with Gasteiger partial charge in [0.25, 0.3) is 5.91 Å². The number of benzene rings is 1. The van der Waals surface area contributed by atoms with Crippen LogP contribution in [0.1, 0.15) is 38.3 Å². The lowest BCUT2D eigenvalue weighted by molar-refractivity contribution is -0.155. The summed E-state index contributed by atoms with van der Waals surface area (Å²) in [6.07, 6.45) is -0.270. The molecule has 0 spiro atoms. The molecule has 40 heavy (non-hydrogen) atoms. The molecule has 4 aliphatic rings. The van der Waals surface area contributed by atoms with Crippen molar-refractivity contribution in [3.8, 4) is 5.75 Å². The standard InChI is InChI=1S/C28H33N3O9/c1-27(2,3)40-26(38)31-9-7-30(8-10-31)20-15-12-14-11-13-5-4-6-16(32)17(13)21(33)18(14)23(35)28(15,39)24(36)19(22(20)34)25(29)37/h4-6,14-15,20,32-33,36,39H,7-12H2,1-3H3,(H2,29,37)/t14-,15-,20+,28-/m0/s1. The highest BCUT2D eigenvalue weighted by atomic mass is 16.6. The number of hydrogen-bond donors (Lipinski definition) is 5. The number of nitrogens with zero attached hydrogens (tertiary/aromatic N) is 2. The number of phenolic OH excluding ortho intramolecular Hbond substituents is 1. The van der Waals surface area contributed by atoms with E-state index < -0.39 is 69.7 Å². The van der Waals surface area contributed by atoms with E-state index in [9.17, 15) is 39.6 Å². The van der Waals surface area contributed by atoms with Gasteiger partial charge >= 0.3 is 6.09 Å². The number of ketones is 2. The van der Waals surface area contributed by atoms with Gasteiger partial charge < -0.3 is 35.8 Å². The number of carbonyl (C=O) groups excluding carboxylic acids is 4. The van der Waals surface area contributed by atoms with Crippen molar-refractivity contribution in [1.29, 1.82) is 0 Å². The molecule has 3 aliphatic carbocycles. The molecule has 2 amide bonds. The number of fused-ring (bicyclic) bond motifs is 3. The van der Waals surface area contributed by atoms with Crippen LogP contribution in [0.15, 0.2) is 35.1 Å². The predicted octanol–water partition coefficient (Wildman–Crippen LogP) is 0.955. The van der Waals surface area contributed by atoms with Crippen LogP contribution in [0.25, 0.3) is 5.76 Å². The van der Waals surface area contributed by atoms with E-state index in [-0.39, 0.29) is 55.9 Å². The Bertz CT molecular complexity index is 1380. The third kappa shape index (κ3) is 4.13. The number of amides is 2. The van der Waals surface area contributed by atoms with Crippen LogP contribution in [-0.4, -0.2) is 97.2 Å². The van der Waals surface area contributed by atoms with E-state index >= 15 is 0 Å². The first kappa shape index (κ1) is 27.7. The first-order chi connectivity index (χ1) is 18.7. The van der Waals surface area contributed by atoms with Gasteiger partial charge in [-0.15, -0.1) is 0 Å². The largest absolute Gasteiger partial charge is 0.508 e. The van der Waals surface area contributed by atoms with Crippen molar-refractivity contribution >= 4 is 29.3 Å². The fraction of sp³-hybridized carbons (Fsp3) is 0.500. The molecule has 2 fully saturated rings. The summed E-state index contributed by atoms with van der Waals surface area (Å²) in [5.41, 5.74) is 1.62. The predicted molar refractivity (Wildman–Crippen MR) is 140 cm³/mol. The maximum Gasteiger partial charge on any atom is 0.410 e. The molecule has 0 unspecified atom stereocenters. The van der Waals surface area contributed by atoms with Crippen LogP contribution in [0.3, 0.4) is 0 Å². The van der Waals surface area contributed by atoms with Crippen LogP contribution in [0.2, 0.25) is 0 Å². The average Bonchev–Trinajstić information content (AvgIpc) is 2.85. The minimum Gasteiger partial charge on any atom is -0.508 e. The van der Waals surface area contributed by atoms with Gasteiger partial charge in [-0.05, 0) is 51.2 Å². The Morgan fingerprint density at radius 3 is 2.33 bits per heavy atom. The van der Waals surface area contributed by atoms with Crippen LogP contribution in [0.4, 0.5) is 4.79 Å². The zero-order chi connectivity index (χ0) is 29.3. The molecule has 5 rings (SSSR count). The summed E-state index contributed by atoms with van der Waals surface area (Å²) in [6.45, 7) is 5.94. The zero-order valence-corrected chi connectivity index (χ0v) is 22.5.